The van der Waals surface area contributed by atoms with Crippen molar-refractivity contribution in [2.75, 3.05) is 18.0 Å². The number of aromatic amines is 1. The fourth-order valence-corrected chi connectivity index (χ4v) is 6.36. The number of fused-ring (bicyclic) bond motifs is 2. The van der Waals surface area contributed by atoms with E-state index in [4.69, 9.17) is 16.3 Å². The number of nitrogens with zero attached hydrogens (tertiary/aromatic N) is 2. The number of halogens is 1. The molecule has 170 valence electrons. The second-order valence-electron chi connectivity index (χ2n) is 9.80. The summed E-state index contributed by atoms with van der Waals surface area (Å²) in [7, 11) is 0. The van der Waals surface area contributed by atoms with Gasteiger partial charge in [0, 0.05) is 31.1 Å². The van der Waals surface area contributed by atoms with E-state index < -0.39 is 5.56 Å². The van der Waals surface area contributed by atoms with E-state index in [1.54, 1.807) is 0 Å². The largest absolute Gasteiger partial charge is 0.444 e. The molecule has 4 atom stereocenters. The lowest BCUT2D eigenvalue weighted by Gasteiger charge is -2.34. The molecule has 31 heavy (non-hydrogen) atoms. The topological polar surface area (TPSA) is 99.3 Å². The van der Waals surface area contributed by atoms with E-state index in [0.717, 1.165) is 43.6 Å². The molecule has 5 rings (SSSR count). The number of amides is 1. The Kier molecular flexibility index (Phi) is 6.10. The van der Waals surface area contributed by atoms with Crippen LogP contribution in [0.3, 0.4) is 0 Å². The highest BCUT2D eigenvalue weighted by Crippen LogP contribution is 2.44. The van der Waals surface area contributed by atoms with E-state index in [1.165, 1.54) is 31.9 Å². The zero-order valence-electron chi connectivity index (χ0n) is 17.8. The predicted molar refractivity (Wildman–Crippen MR) is 119 cm³/mol. The highest BCUT2D eigenvalue weighted by molar-refractivity contribution is 6.33. The Labute approximate surface area is 187 Å². The van der Waals surface area contributed by atoms with Crippen LogP contribution in [0.2, 0.25) is 5.02 Å². The number of nitrogens with one attached hydrogen (secondary N) is 3. The van der Waals surface area contributed by atoms with Crippen molar-refractivity contribution in [3.05, 3.63) is 21.6 Å². The van der Waals surface area contributed by atoms with Gasteiger partial charge in [0.1, 0.15) is 11.1 Å². The first-order valence-electron chi connectivity index (χ1n) is 11.8. The van der Waals surface area contributed by atoms with Crippen molar-refractivity contribution in [2.24, 2.45) is 11.8 Å². The molecular weight excluding hydrogens is 418 g/mol. The van der Waals surface area contributed by atoms with E-state index in [2.05, 4.69) is 20.8 Å². The van der Waals surface area contributed by atoms with Crippen LogP contribution in [0.4, 0.5) is 10.5 Å². The number of ether oxygens (including phenoxy) is 1. The van der Waals surface area contributed by atoms with Crippen molar-refractivity contribution in [1.82, 2.24) is 20.8 Å². The lowest BCUT2D eigenvalue weighted by molar-refractivity contribution is 0.102. The standard InChI is InChI=1S/C22H32ClN5O3/c23-20-19(11-24-27-21(20)29)28-8-7-17(12-28)31-22(30)26-16-5-3-15(4-6-16)25-18-10-13-1-2-14(18)9-13/h11,13-18,25H,1-10,12H2,(H,26,30)(H,27,29)/t13?,14?,15-,16+,17-,18?/m1/s1. The maximum Gasteiger partial charge on any atom is 0.407 e. The number of carbonyl (C=O) groups excluding carboxylic acids is 1. The molecule has 1 aromatic heterocycles. The van der Waals surface area contributed by atoms with Gasteiger partial charge in [0.2, 0.25) is 0 Å². The Morgan fingerprint density at radius 3 is 2.68 bits per heavy atom. The first-order chi connectivity index (χ1) is 15.0. The summed E-state index contributed by atoms with van der Waals surface area (Å²) in [6, 6.07) is 1.51. The fourth-order valence-electron chi connectivity index (χ4n) is 6.15. The summed E-state index contributed by atoms with van der Waals surface area (Å²) in [6.45, 7) is 1.18. The van der Waals surface area contributed by atoms with E-state index in [9.17, 15) is 9.59 Å². The molecule has 3 unspecified atom stereocenters. The minimum atomic E-state index is -0.410. The molecular formula is C22H32ClN5O3. The first kappa shape index (κ1) is 21.1. The van der Waals surface area contributed by atoms with Gasteiger partial charge in [-0.3, -0.25) is 4.79 Å². The summed E-state index contributed by atoms with van der Waals surface area (Å²) in [5.41, 5.74) is 0.171. The van der Waals surface area contributed by atoms with E-state index in [1.807, 2.05) is 4.90 Å². The quantitative estimate of drug-likeness (QED) is 0.639. The molecule has 0 spiro atoms. The summed E-state index contributed by atoms with van der Waals surface area (Å²) >= 11 is 6.09. The number of carbonyl (C=O) groups is 1. The van der Waals surface area contributed by atoms with Gasteiger partial charge >= 0.3 is 6.09 Å². The maximum atomic E-state index is 12.4. The summed E-state index contributed by atoms with van der Waals surface area (Å²) in [5.74, 6) is 1.87. The average Bonchev–Trinajstić information content (AvgIpc) is 3.49. The van der Waals surface area contributed by atoms with Crippen molar-refractivity contribution in [2.45, 2.75) is 82.0 Å². The van der Waals surface area contributed by atoms with Crippen LogP contribution in [0.25, 0.3) is 0 Å². The molecule has 3 aliphatic carbocycles. The van der Waals surface area contributed by atoms with Gasteiger partial charge in [-0.2, -0.15) is 5.10 Å². The molecule has 3 saturated carbocycles. The molecule has 3 N–H and O–H groups in total. The highest BCUT2D eigenvalue weighted by atomic mass is 35.5. The van der Waals surface area contributed by atoms with Crippen molar-refractivity contribution >= 4 is 23.4 Å². The monoisotopic (exact) mass is 449 g/mol. The van der Waals surface area contributed by atoms with Gasteiger partial charge in [-0.1, -0.05) is 18.0 Å². The van der Waals surface area contributed by atoms with E-state index in [-0.39, 0.29) is 23.3 Å². The van der Waals surface area contributed by atoms with Crippen LogP contribution >= 0.6 is 11.6 Å². The van der Waals surface area contributed by atoms with E-state index in [0.29, 0.717) is 31.2 Å². The average molecular weight is 450 g/mol. The zero-order chi connectivity index (χ0) is 21.4. The van der Waals surface area contributed by atoms with Crippen LogP contribution in [-0.4, -0.2) is 53.6 Å². The van der Waals surface area contributed by atoms with Gasteiger partial charge in [-0.15, -0.1) is 0 Å². The van der Waals surface area contributed by atoms with Crippen molar-refractivity contribution in [3.8, 4) is 0 Å². The number of rotatable bonds is 5. The Bertz CT molecular complexity index is 856. The number of hydrogen-bond acceptors (Lipinski definition) is 6. The van der Waals surface area contributed by atoms with Crippen LogP contribution in [0, 0.1) is 11.8 Å². The van der Waals surface area contributed by atoms with Gasteiger partial charge in [0.15, 0.2) is 0 Å². The van der Waals surface area contributed by atoms with Crippen LogP contribution in [0.15, 0.2) is 11.0 Å². The van der Waals surface area contributed by atoms with E-state index >= 15 is 0 Å². The van der Waals surface area contributed by atoms with Gasteiger partial charge < -0.3 is 20.3 Å². The smallest absolute Gasteiger partial charge is 0.407 e. The Hall–Kier alpha value is -1.80. The van der Waals surface area contributed by atoms with Gasteiger partial charge in [0.25, 0.3) is 5.56 Å². The minimum Gasteiger partial charge on any atom is -0.444 e. The number of aromatic nitrogens is 2. The lowest BCUT2D eigenvalue weighted by atomic mass is 9.88. The SMILES string of the molecule is O=C(N[C@H]1CC[C@@H](NC2CC3CCC2C3)CC1)O[C@@H]1CCN(c2cn[nH]c(=O)c2Cl)C1. The second-order valence-corrected chi connectivity index (χ2v) is 10.2. The summed E-state index contributed by atoms with van der Waals surface area (Å²) < 4.78 is 5.65. The molecule has 2 heterocycles. The third-order valence-electron chi connectivity index (χ3n) is 7.77. The summed E-state index contributed by atoms with van der Waals surface area (Å²) in [5, 5.41) is 13.2. The molecule has 1 amide bonds. The summed E-state index contributed by atoms with van der Waals surface area (Å²) in [4.78, 5) is 26.0. The Morgan fingerprint density at radius 1 is 1.13 bits per heavy atom. The normalized spacial score (nSPS) is 34.8. The van der Waals surface area contributed by atoms with Gasteiger partial charge in [-0.25, -0.2) is 9.89 Å². The molecule has 0 radical (unpaired) electrons. The highest BCUT2D eigenvalue weighted by Gasteiger charge is 2.40. The Morgan fingerprint density at radius 2 is 1.94 bits per heavy atom. The molecule has 0 aromatic carbocycles. The molecule has 1 aromatic rings. The number of anilines is 1. The van der Waals surface area contributed by atoms with Crippen LogP contribution in [0.5, 0.6) is 0 Å². The second kappa shape index (κ2) is 8.98. The number of alkyl carbamates (subject to hydrolysis) is 1. The molecule has 1 aliphatic heterocycles. The number of H-pyrrole nitrogens is 1. The lowest BCUT2D eigenvalue weighted by Crippen LogP contribution is -2.47. The van der Waals surface area contributed by atoms with Crippen molar-refractivity contribution in [3.63, 3.8) is 0 Å². The van der Waals surface area contributed by atoms with Gasteiger partial charge in [-0.05, 0) is 56.8 Å². The predicted octanol–water partition coefficient (Wildman–Crippen LogP) is 2.82. The van der Waals surface area contributed by atoms with Crippen LogP contribution in [0.1, 0.15) is 57.8 Å². The van der Waals surface area contributed by atoms with Crippen molar-refractivity contribution in [1.29, 1.82) is 0 Å². The summed E-state index contributed by atoms with van der Waals surface area (Å²) in [6.07, 6.45) is 11.6. The molecule has 9 heteroatoms. The zero-order valence-corrected chi connectivity index (χ0v) is 18.6. The van der Waals surface area contributed by atoms with Crippen molar-refractivity contribution < 1.29 is 9.53 Å². The fraction of sp³-hybridized carbons (Fsp3) is 0.773. The maximum absolute atomic E-state index is 12.4. The molecule has 4 fully saturated rings. The molecule has 8 nitrogen and oxygen atoms in total. The molecule has 4 aliphatic rings. The molecule has 1 saturated heterocycles. The third-order valence-corrected chi connectivity index (χ3v) is 8.14. The van der Waals surface area contributed by atoms with Gasteiger partial charge in [0.05, 0.1) is 18.4 Å². The third kappa shape index (κ3) is 4.70. The van der Waals surface area contributed by atoms with Crippen LogP contribution < -0.4 is 21.1 Å². The minimum absolute atomic E-state index is 0.121. The first-order valence-corrected chi connectivity index (χ1v) is 12.1. The number of hydrogen-bond donors (Lipinski definition) is 3. The Balaban J connectivity index is 1.03. The van der Waals surface area contributed by atoms with Crippen LogP contribution in [-0.2, 0) is 4.74 Å². The molecule has 2 bridgehead atoms.